The Bertz CT molecular complexity index is 5620. The summed E-state index contributed by atoms with van der Waals surface area (Å²) in [6.07, 6.45) is 15.4. The molecule has 2 aliphatic rings. The third-order valence-corrected chi connectivity index (χ3v) is 17.4. The minimum Gasteiger partial charge on any atom is -0.354 e. The van der Waals surface area contributed by atoms with E-state index in [1.165, 1.54) is 0 Å². The van der Waals surface area contributed by atoms with E-state index in [2.05, 4.69) is 174 Å². The predicted molar refractivity (Wildman–Crippen MR) is 414 cm³/mol. The third-order valence-electron chi connectivity index (χ3n) is 17.4. The van der Waals surface area contributed by atoms with E-state index in [0.717, 1.165) is 157 Å². The van der Waals surface area contributed by atoms with Gasteiger partial charge in [0.15, 0.2) is 0 Å². The van der Waals surface area contributed by atoms with Gasteiger partial charge < -0.3 is 9.97 Å². The molecule has 13 heterocycles. The Morgan fingerprint density at radius 1 is 0.202 bits per heavy atom. The van der Waals surface area contributed by atoms with Gasteiger partial charge in [0, 0.05) is 91.4 Å². The van der Waals surface area contributed by atoms with Crippen molar-refractivity contribution in [3.05, 3.63) is 360 Å². The Morgan fingerprint density at radius 2 is 0.442 bits per heavy atom. The smallest absolute Gasteiger partial charge is 0.114 e. The lowest BCUT2D eigenvalue weighted by atomic mass is 10.0. The molecule has 2 aliphatic heterocycles. The van der Waals surface area contributed by atoms with E-state index in [9.17, 15) is 0 Å². The van der Waals surface area contributed by atoms with Crippen molar-refractivity contribution in [3.8, 4) is 137 Å². The molecule has 482 valence electrons. The van der Waals surface area contributed by atoms with Gasteiger partial charge in [-0.25, -0.2) is 29.9 Å². The van der Waals surface area contributed by atoms with Crippen LogP contribution >= 0.6 is 0 Å². The van der Waals surface area contributed by atoms with Gasteiger partial charge in [0.25, 0.3) is 0 Å². The number of nitrogens with zero attached hydrogens (tertiary/aromatic N) is 10. The van der Waals surface area contributed by atoms with Gasteiger partial charge >= 0.3 is 0 Å². The molecular weight excluding hydrogens is 1270 g/mol. The Morgan fingerprint density at radius 3 is 0.683 bits per heavy atom. The molecule has 0 unspecified atom stereocenters. The predicted octanol–water partition coefficient (Wildman–Crippen LogP) is 18.8. The van der Waals surface area contributed by atoms with Gasteiger partial charge in [-0.05, 0) is 240 Å². The van der Waals surface area contributed by atoms with E-state index < -0.39 is 0 Å². The highest BCUT2D eigenvalue weighted by Gasteiger charge is 2.21. The highest BCUT2D eigenvalue weighted by Crippen LogP contribution is 2.40. The fraction of sp³-hybridized carbons (Fsp3) is 0. The van der Waals surface area contributed by atoms with E-state index in [4.69, 9.17) is 29.9 Å². The number of fused-ring (bicyclic) bond motifs is 8. The second kappa shape index (κ2) is 28.4. The molecule has 11 aromatic heterocycles. The second-order valence-electron chi connectivity index (χ2n) is 24.3. The third kappa shape index (κ3) is 13.6. The Kier molecular flexibility index (Phi) is 17.1. The lowest BCUT2D eigenvalue weighted by molar-refractivity contribution is 1.23. The van der Waals surface area contributed by atoms with Crippen molar-refractivity contribution in [1.82, 2.24) is 59.8 Å². The van der Waals surface area contributed by atoms with Crippen LogP contribution in [-0.2, 0) is 0 Å². The molecule has 17 rings (SSSR count). The normalized spacial score (nSPS) is 11.1. The number of hydrogen-bond acceptors (Lipinski definition) is 10. The average Bonchev–Trinajstić information content (AvgIpc) is 1.61. The molecule has 104 heavy (non-hydrogen) atoms. The van der Waals surface area contributed by atoms with Gasteiger partial charge in [0.2, 0.25) is 0 Å². The van der Waals surface area contributed by atoms with Gasteiger partial charge in [-0.2, -0.15) is 0 Å². The molecule has 12 heteroatoms. The fourth-order valence-electron chi connectivity index (χ4n) is 12.6. The molecule has 8 bridgehead atoms. The molecule has 0 saturated heterocycles. The summed E-state index contributed by atoms with van der Waals surface area (Å²) in [4.78, 5) is 56.9. The molecule has 12 nitrogen and oxygen atoms in total. The van der Waals surface area contributed by atoms with Crippen LogP contribution in [0.25, 0.3) is 136 Å². The summed E-state index contributed by atoms with van der Waals surface area (Å²) in [5, 5.41) is 0. The number of aromatic nitrogens is 12. The van der Waals surface area contributed by atoms with E-state index in [1.54, 1.807) is 24.8 Å². The maximum Gasteiger partial charge on any atom is 0.114 e. The molecule has 0 radical (unpaired) electrons. The van der Waals surface area contributed by atoms with Crippen LogP contribution in [0.1, 0.15) is 67.8 Å². The van der Waals surface area contributed by atoms with E-state index in [0.29, 0.717) is 22.8 Å². The maximum atomic E-state index is 5.68. The minimum atomic E-state index is 0.624. The van der Waals surface area contributed by atoms with Gasteiger partial charge in [0.05, 0.1) is 68.3 Å². The van der Waals surface area contributed by atoms with Crippen molar-refractivity contribution >= 4 is 46.4 Å². The quantitative estimate of drug-likeness (QED) is 0.140. The van der Waals surface area contributed by atoms with Gasteiger partial charge in [-0.3, -0.25) is 19.9 Å². The molecule has 2 N–H and O–H groups in total. The topological polar surface area (TPSA) is 160 Å². The van der Waals surface area contributed by atoms with Crippen molar-refractivity contribution in [2.75, 3.05) is 0 Å². The fourth-order valence-corrected chi connectivity index (χ4v) is 12.6. The highest BCUT2D eigenvalue weighted by molar-refractivity contribution is 6.00. The Hall–Kier alpha value is -15.1. The van der Waals surface area contributed by atoms with Gasteiger partial charge in [0.1, 0.15) is 22.8 Å². The van der Waals surface area contributed by atoms with Crippen LogP contribution in [0.2, 0.25) is 0 Å². The standard InChI is InChI=1S/C92H54N12/c1-5-53-93-73(29-1)77-33-13-25-69(97-77)41-37-61-17-9-21-65(57-61)89-81-45-47-83(101-81)90(66-22-10-18-62(58-66)38-42-70-26-14-34-78(98-70)74-30-2-6-54-94-74)85-49-51-87(103-85)92(68-24-12-20-64(60-68)40-44-72-28-16-36-80(100-72)76-32-4-8-56-96-76)88-52-50-86(104-88)91(84-48-46-82(89)102-84)67-23-11-19-63(59-67)39-43-71-27-15-35-79(99-71)75-31-3-7-55-95-75/h1-36,45-60,101,104H. The zero-order valence-electron chi connectivity index (χ0n) is 55.5. The molecule has 4 aromatic carbocycles. The van der Waals surface area contributed by atoms with Gasteiger partial charge in [-0.1, -0.05) is 121 Å². The van der Waals surface area contributed by atoms with Gasteiger partial charge in [-0.15, -0.1) is 0 Å². The molecule has 0 aliphatic carbocycles. The largest absolute Gasteiger partial charge is 0.354 e. The van der Waals surface area contributed by atoms with E-state index >= 15 is 0 Å². The summed E-state index contributed by atoms with van der Waals surface area (Å²) in [6.45, 7) is 0. The molecule has 0 fully saturated rings. The number of benzene rings is 4. The minimum absolute atomic E-state index is 0.624. The number of rotatable bonds is 8. The van der Waals surface area contributed by atoms with Crippen molar-refractivity contribution in [2.24, 2.45) is 0 Å². The molecular formula is C92H54N12. The number of hydrogen-bond donors (Lipinski definition) is 2. The van der Waals surface area contributed by atoms with Crippen LogP contribution in [0.15, 0.2) is 292 Å². The first-order valence-electron chi connectivity index (χ1n) is 33.7. The first-order valence-corrected chi connectivity index (χ1v) is 33.7. The molecule has 0 saturated carbocycles. The molecule has 0 spiro atoms. The van der Waals surface area contributed by atoms with Crippen molar-refractivity contribution in [2.45, 2.75) is 0 Å². The molecule has 0 atom stereocenters. The van der Waals surface area contributed by atoms with Crippen LogP contribution in [0.4, 0.5) is 0 Å². The monoisotopic (exact) mass is 1330 g/mol. The lowest BCUT2D eigenvalue weighted by Gasteiger charge is -2.08. The van der Waals surface area contributed by atoms with E-state index in [1.807, 2.05) is 194 Å². The lowest BCUT2D eigenvalue weighted by Crippen LogP contribution is -1.91. The van der Waals surface area contributed by atoms with Crippen LogP contribution in [0.5, 0.6) is 0 Å². The highest BCUT2D eigenvalue weighted by atomic mass is 14.8. The Labute approximate surface area is 599 Å². The summed E-state index contributed by atoms with van der Waals surface area (Å²) in [5.41, 5.74) is 24.9. The summed E-state index contributed by atoms with van der Waals surface area (Å²) in [5.74, 6) is 27.2. The summed E-state index contributed by atoms with van der Waals surface area (Å²) >= 11 is 0. The molecule has 0 amide bonds. The first kappa shape index (κ1) is 62.4. The van der Waals surface area contributed by atoms with Crippen molar-refractivity contribution in [1.29, 1.82) is 0 Å². The zero-order chi connectivity index (χ0) is 69.4. The molecule has 15 aromatic rings. The maximum absolute atomic E-state index is 5.68. The first-order chi connectivity index (χ1) is 51.5. The Balaban J connectivity index is 0.872. The number of H-pyrrole nitrogens is 2. The SMILES string of the molecule is C(#Cc1cccc(-c2ccccn2)n1)c1cccc(-c2c3nc(c(-c4cccc(C#Cc5cccc(-c6ccccn6)n5)c4)c4ccc([nH]4)c(-c4cccc(C#Cc5cccc(-c6ccccn6)n5)c4)c4nc(c(-c5cccc(C#Cc6cccc(-c7ccccn7)n6)c5)c5ccc2[nH]5)C=C4)C=C3)c1. The van der Waals surface area contributed by atoms with Crippen LogP contribution < -0.4 is 0 Å². The van der Waals surface area contributed by atoms with Crippen LogP contribution in [-0.4, -0.2) is 59.8 Å². The van der Waals surface area contributed by atoms with Crippen LogP contribution in [0.3, 0.4) is 0 Å². The van der Waals surface area contributed by atoms with Crippen molar-refractivity contribution < 1.29 is 0 Å². The van der Waals surface area contributed by atoms with Crippen LogP contribution in [0, 0.1) is 47.4 Å². The zero-order valence-corrected chi connectivity index (χ0v) is 55.5. The number of nitrogens with one attached hydrogen (secondary N) is 2. The summed E-state index contributed by atoms with van der Waals surface area (Å²) in [7, 11) is 0. The van der Waals surface area contributed by atoms with E-state index in [-0.39, 0.29) is 0 Å². The average molecular weight is 1330 g/mol. The number of pyridine rings is 8. The second-order valence-corrected chi connectivity index (χ2v) is 24.3. The summed E-state index contributed by atoms with van der Waals surface area (Å²) in [6, 6.07) is 88.0. The van der Waals surface area contributed by atoms with Crippen molar-refractivity contribution in [3.63, 3.8) is 0 Å². The number of aromatic amines is 2. The summed E-state index contributed by atoms with van der Waals surface area (Å²) < 4.78 is 0.